The summed E-state index contributed by atoms with van der Waals surface area (Å²) in [6, 6.07) is 0. The maximum absolute atomic E-state index is 12.2. The van der Waals surface area contributed by atoms with Gasteiger partial charge >= 0.3 is 0 Å². The molecule has 43 heavy (non-hydrogen) atoms. The fourth-order valence-electron chi connectivity index (χ4n) is 6.71. The van der Waals surface area contributed by atoms with E-state index in [2.05, 4.69) is 59.9 Å². The molecule has 0 fully saturated rings. The quantitative estimate of drug-likeness (QED) is 0.0429. The maximum Gasteiger partial charge on any atom is 0.186 e. The van der Waals surface area contributed by atoms with Gasteiger partial charge in [-0.2, -0.15) is 0 Å². The molecule has 0 bridgehead atoms. The van der Waals surface area contributed by atoms with Crippen LogP contribution in [-0.2, 0) is 9.59 Å². The number of hydrogen-bond donors (Lipinski definition) is 5. The summed E-state index contributed by atoms with van der Waals surface area (Å²) in [5.41, 5.74) is -1.02. The molecule has 7 heteroatoms. The van der Waals surface area contributed by atoms with E-state index in [1.807, 2.05) is 0 Å². The number of hydrogen-bond acceptors (Lipinski definition) is 5. The van der Waals surface area contributed by atoms with E-state index in [-0.39, 0.29) is 34.9 Å². The third-order valence-corrected chi connectivity index (χ3v) is 9.69. The lowest BCUT2D eigenvalue weighted by atomic mass is 9.68. The minimum Gasteiger partial charge on any atom is -0.400 e. The monoisotopic (exact) mass is 650 g/mol. The number of carbonyl (C=O) groups is 2. The molecule has 0 saturated carbocycles. The van der Waals surface area contributed by atoms with Crippen molar-refractivity contribution < 1.29 is 24.9 Å². The van der Waals surface area contributed by atoms with Gasteiger partial charge in [-0.3, -0.25) is 9.59 Å². The first-order chi connectivity index (χ1) is 20.7. The van der Waals surface area contributed by atoms with Crippen molar-refractivity contribution in [2.45, 2.75) is 181 Å². The highest BCUT2D eigenvalue weighted by molar-refractivity contribution is 7.96. The zero-order chi connectivity index (χ0) is 33.5. The fraction of sp³-hybridized carbons (Fsp3) is 0.944. The second kappa shape index (κ2) is 33.3. The van der Waals surface area contributed by atoms with E-state index in [9.17, 15) is 14.7 Å². The fourth-order valence-corrected chi connectivity index (χ4v) is 7.15. The van der Waals surface area contributed by atoms with Crippen LogP contribution in [0.5, 0.6) is 0 Å². The first-order valence-electron chi connectivity index (χ1n) is 17.7. The molecule has 0 aromatic carbocycles. The molecule has 0 radical (unpaired) electrons. The standard InChI is InChI=1S/C34H66O3S2.2CH4O/c1-6-11-19-28(9-4)21-15-13-17-23-30(26-32(35)38)34(37,25-8-3)31(27-33(36)39)24-18-14-16-22-29(10-5)20-12-7-2;2*1-2/h28-31,37H,6-27H2,1-5H3,(H,35,38)(H,36,39);2*2H,1H3. The highest BCUT2D eigenvalue weighted by Crippen LogP contribution is 2.41. The Labute approximate surface area is 279 Å². The van der Waals surface area contributed by atoms with Crippen molar-refractivity contribution in [3.63, 3.8) is 0 Å². The summed E-state index contributed by atoms with van der Waals surface area (Å²) >= 11 is 8.26. The second-order valence-corrected chi connectivity index (χ2v) is 13.4. The van der Waals surface area contributed by atoms with Crippen molar-refractivity contribution in [2.24, 2.45) is 23.7 Å². The summed E-state index contributed by atoms with van der Waals surface area (Å²) in [5.74, 6) is 1.34. The van der Waals surface area contributed by atoms with Gasteiger partial charge in [0.2, 0.25) is 0 Å². The first-order valence-corrected chi connectivity index (χ1v) is 18.6. The highest BCUT2D eigenvalue weighted by atomic mass is 32.1. The molecule has 0 heterocycles. The molecule has 0 aliphatic heterocycles. The molecule has 5 nitrogen and oxygen atoms in total. The highest BCUT2D eigenvalue weighted by Gasteiger charge is 2.43. The molecule has 4 atom stereocenters. The predicted octanol–water partition coefficient (Wildman–Crippen LogP) is 9.99. The van der Waals surface area contributed by atoms with E-state index in [1.54, 1.807) is 0 Å². The van der Waals surface area contributed by atoms with Crippen LogP contribution in [0.2, 0.25) is 0 Å². The van der Waals surface area contributed by atoms with Crippen LogP contribution < -0.4 is 0 Å². The van der Waals surface area contributed by atoms with Gasteiger partial charge in [0, 0.05) is 27.1 Å². The maximum atomic E-state index is 12.2. The minimum absolute atomic E-state index is 0.152. The van der Waals surface area contributed by atoms with Crippen LogP contribution in [0.15, 0.2) is 0 Å². The van der Waals surface area contributed by atoms with E-state index in [0.717, 1.165) is 71.0 Å². The van der Waals surface area contributed by atoms with Gasteiger partial charge in [0.05, 0.1) is 5.60 Å². The van der Waals surface area contributed by atoms with Crippen LogP contribution in [0.3, 0.4) is 0 Å². The van der Waals surface area contributed by atoms with Crippen molar-refractivity contribution in [3.05, 3.63) is 0 Å². The summed E-state index contributed by atoms with van der Waals surface area (Å²) in [6.07, 6.45) is 23.3. The normalized spacial score (nSPS) is 15.2. The summed E-state index contributed by atoms with van der Waals surface area (Å²) < 4.78 is 0. The van der Waals surface area contributed by atoms with E-state index in [0.29, 0.717) is 6.42 Å². The third kappa shape index (κ3) is 24.8. The number of rotatable bonds is 28. The Kier molecular flexibility index (Phi) is 36.6. The van der Waals surface area contributed by atoms with Gasteiger partial charge in [0.1, 0.15) is 0 Å². The number of thiol groups is 2. The molecule has 3 N–H and O–H groups in total. The summed E-state index contributed by atoms with van der Waals surface area (Å²) in [6.45, 7) is 11.2. The minimum atomic E-state index is -1.02. The van der Waals surface area contributed by atoms with Crippen molar-refractivity contribution in [1.29, 1.82) is 0 Å². The van der Waals surface area contributed by atoms with Gasteiger partial charge in [-0.25, -0.2) is 0 Å². The van der Waals surface area contributed by atoms with Gasteiger partial charge in [-0.05, 0) is 42.9 Å². The smallest absolute Gasteiger partial charge is 0.186 e. The van der Waals surface area contributed by atoms with Crippen molar-refractivity contribution in [2.75, 3.05) is 14.2 Å². The molecule has 0 amide bonds. The van der Waals surface area contributed by atoms with E-state index < -0.39 is 5.60 Å². The molecular formula is C36H74O5S2. The average Bonchev–Trinajstić information content (AvgIpc) is 3.00. The number of unbranched alkanes of at least 4 members (excludes halogenated alkanes) is 6. The molecule has 0 spiro atoms. The van der Waals surface area contributed by atoms with Crippen LogP contribution >= 0.6 is 25.3 Å². The molecule has 0 aliphatic rings. The third-order valence-electron chi connectivity index (χ3n) is 9.32. The molecule has 4 unspecified atom stereocenters. The van der Waals surface area contributed by atoms with Crippen LogP contribution in [0, 0.1) is 23.7 Å². The Morgan fingerprint density at radius 3 is 1.14 bits per heavy atom. The molecular weight excluding hydrogens is 577 g/mol. The lowest BCUT2D eigenvalue weighted by Crippen LogP contribution is -2.46. The van der Waals surface area contributed by atoms with Crippen LogP contribution in [-0.4, -0.2) is 45.4 Å². The summed E-state index contributed by atoms with van der Waals surface area (Å²) in [5, 5.41) is 25.9. The molecule has 0 rings (SSSR count). The molecule has 0 saturated heterocycles. The van der Waals surface area contributed by atoms with Gasteiger partial charge in [-0.1, -0.05) is 144 Å². The SMILES string of the molecule is CCCCC(CC)CCCCCC(CC(=O)S)C(O)(CCC)C(CCCCCC(CC)CCCC)CC(=O)S.CO.CO. The van der Waals surface area contributed by atoms with Crippen LogP contribution in [0.4, 0.5) is 0 Å². The zero-order valence-corrected chi connectivity index (χ0v) is 31.2. The first kappa shape index (κ1) is 47.3. The van der Waals surface area contributed by atoms with Crippen molar-refractivity contribution in [3.8, 4) is 0 Å². The molecule has 260 valence electrons. The average molecular weight is 651 g/mol. The molecule has 0 aromatic heterocycles. The topological polar surface area (TPSA) is 94.8 Å². The molecule has 0 aromatic rings. The summed E-state index contributed by atoms with van der Waals surface area (Å²) in [7, 11) is 2.00. The van der Waals surface area contributed by atoms with E-state index in [1.165, 1.54) is 77.0 Å². The van der Waals surface area contributed by atoms with Crippen molar-refractivity contribution in [1.82, 2.24) is 0 Å². The van der Waals surface area contributed by atoms with Crippen molar-refractivity contribution >= 4 is 35.5 Å². The number of aliphatic hydroxyl groups excluding tert-OH is 2. The van der Waals surface area contributed by atoms with Gasteiger partial charge < -0.3 is 15.3 Å². The Morgan fingerprint density at radius 1 is 0.535 bits per heavy atom. The van der Waals surface area contributed by atoms with Crippen LogP contribution in [0.25, 0.3) is 0 Å². The van der Waals surface area contributed by atoms with E-state index in [4.69, 9.17) is 10.2 Å². The van der Waals surface area contributed by atoms with E-state index >= 15 is 0 Å². The Morgan fingerprint density at radius 2 is 0.860 bits per heavy atom. The zero-order valence-electron chi connectivity index (χ0n) is 29.4. The Hall–Kier alpha value is -0.0800. The number of carbonyl (C=O) groups excluding carboxylic acids is 2. The van der Waals surface area contributed by atoms with Gasteiger partial charge in [-0.15, -0.1) is 25.3 Å². The number of aliphatic hydroxyl groups is 3. The Balaban J connectivity index is -0.00000382. The summed E-state index contributed by atoms with van der Waals surface area (Å²) in [4.78, 5) is 24.4. The molecule has 0 aliphatic carbocycles. The Bertz CT molecular complexity index is 570. The van der Waals surface area contributed by atoms with Crippen LogP contribution in [0.1, 0.15) is 176 Å². The predicted molar refractivity (Wildman–Crippen MR) is 193 cm³/mol. The van der Waals surface area contributed by atoms with Gasteiger partial charge in [0.25, 0.3) is 0 Å². The van der Waals surface area contributed by atoms with Gasteiger partial charge in [0.15, 0.2) is 10.2 Å². The second-order valence-electron chi connectivity index (χ2n) is 12.4. The largest absolute Gasteiger partial charge is 0.400 e. The lowest BCUT2D eigenvalue weighted by Gasteiger charge is -2.42. The lowest BCUT2D eigenvalue weighted by molar-refractivity contribution is -0.125.